The van der Waals surface area contributed by atoms with Crippen LogP contribution in [0.2, 0.25) is 0 Å². The first-order valence-corrected chi connectivity index (χ1v) is 4.15. The van der Waals surface area contributed by atoms with Gasteiger partial charge < -0.3 is 14.7 Å². The van der Waals surface area contributed by atoms with Crippen LogP contribution in [-0.4, -0.2) is 30.7 Å². The smallest absolute Gasteiger partial charge is 0.227 e. The molecule has 0 unspecified atom stereocenters. The largest absolute Gasteiger partial charge is 0.357 e. The molecule has 0 atom stereocenters. The maximum Gasteiger partial charge on any atom is 0.227 e. The number of fused-ring (bicyclic) bond motifs is 1. The van der Waals surface area contributed by atoms with Gasteiger partial charge in [-0.2, -0.15) is 0 Å². The van der Waals surface area contributed by atoms with E-state index in [9.17, 15) is 0 Å². The SMILES string of the molecule is CNc1onc2c1CCN(C)C2. The lowest BCUT2D eigenvalue weighted by Crippen LogP contribution is -2.26. The summed E-state index contributed by atoms with van der Waals surface area (Å²) in [7, 11) is 3.95. The van der Waals surface area contributed by atoms with Gasteiger partial charge in [0.1, 0.15) is 5.69 Å². The van der Waals surface area contributed by atoms with Crippen molar-refractivity contribution in [2.45, 2.75) is 13.0 Å². The van der Waals surface area contributed by atoms with Gasteiger partial charge in [-0.25, -0.2) is 0 Å². The molecule has 12 heavy (non-hydrogen) atoms. The Bertz CT molecular complexity index is 282. The van der Waals surface area contributed by atoms with E-state index < -0.39 is 0 Å². The predicted octanol–water partition coefficient (Wildman–Crippen LogP) is 0.704. The summed E-state index contributed by atoms with van der Waals surface area (Å²) in [6.07, 6.45) is 1.03. The van der Waals surface area contributed by atoms with E-state index in [0.717, 1.165) is 31.1 Å². The molecule has 2 rings (SSSR count). The third kappa shape index (κ3) is 1.08. The van der Waals surface area contributed by atoms with Crippen LogP contribution in [-0.2, 0) is 13.0 Å². The van der Waals surface area contributed by atoms with Crippen molar-refractivity contribution in [2.75, 3.05) is 26.0 Å². The van der Waals surface area contributed by atoms with E-state index in [1.165, 1.54) is 5.56 Å². The normalized spacial score (nSPS) is 17.5. The van der Waals surface area contributed by atoms with Gasteiger partial charge in [-0.1, -0.05) is 5.16 Å². The molecule has 2 heterocycles. The van der Waals surface area contributed by atoms with Crippen LogP contribution in [0.15, 0.2) is 4.52 Å². The molecule has 0 radical (unpaired) electrons. The molecule has 0 aromatic carbocycles. The van der Waals surface area contributed by atoms with Crippen molar-refractivity contribution in [3.8, 4) is 0 Å². The van der Waals surface area contributed by atoms with E-state index in [-0.39, 0.29) is 0 Å². The minimum Gasteiger partial charge on any atom is -0.357 e. The Kier molecular flexibility index (Phi) is 1.77. The summed E-state index contributed by atoms with van der Waals surface area (Å²) < 4.78 is 5.13. The molecule has 0 fully saturated rings. The first-order valence-electron chi connectivity index (χ1n) is 4.15. The van der Waals surface area contributed by atoms with Crippen LogP contribution in [0.25, 0.3) is 0 Å². The van der Waals surface area contributed by atoms with Crippen molar-refractivity contribution >= 4 is 5.88 Å². The minimum absolute atomic E-state index is 0.832. The van der Waals surface area contributed by atoms with Gasteiger partial charge in [0.15, 0.2) is 0 Å². The van der Waals surface area contributed by atoms with Gasteiger partial charge in [-0.05, 0) is 13.5 Å². The average molecular weight is 167 g/mol. The van der Waals surface area contributed by atoms with E-state index in [1.807, 2.05) is 7.05 Å². The Labute approximate surface area is 71.5 Å². The molecule has 0 bridgehead atoms. The summed E-state index contributed by atoms with van der Waals surface area (Å²) in [6, 6.07) is 0. The Morgan fingerprint density at radius 3 is 3.17 bits per heavy atom. The second kappa shape index (κ2) is 2.79. The summed E-state index contributed by atoms with van der Waals surface area (Å²) in [5.41, 5.74) is 2.32. The predicted molar refractivity (Wildman–Crippen MR) is 46.1 cm³/mol. The molecule has 0 saturated heterocycles. The Morgan fingerprint density at radius 1 is 1.58 bits per heavy atom. The van der Waals surface area contributed by atoms with Crippen LogP contribution >= 0.6 is 0 Å². The fraction of sp³-hybridized carbons (Fsp3) is 0.625. The number of rotatable bonds is 1. The number of nitrogens with one attached hydrogen (secondary N) is 1. The van der Waals surface area contributed by atoms with Crippen LogP contribution in [0.1, 0.15) is 11.3 Å². The summed E-state index contributed by atoms with van der Waals surface area (Å²) in [5.74, 6) is 0.832. The molecule has 1 aromatic rings. The second-order valence-electron chi connectivity index (χ2n) is 3.17. The van der Waals surface area contributed by atoms with Gasteiger partial charge in [-0.3, -0.25) is 0 Å². The highest BCUT2D eigenvalue weighted by molar-refractivity contribution is 5.43. The summed E-state index contributed by atoms with van der Waals surface area (Å²) >= 11 is 0. The highest BCUT2D eigenvalue weighted by Gasteiger charge is 2.20. The molecule has 66 valence electrons. The third-order valence-electron chi connectivity index (χ3n) is 2.26. The minimum atomic E-state index is 0.832. The van der Waals surface area contributed by atoms with Crippen molar-refractivity contribution in [3.05, 3.63) is 11.3 Å². The zero-order chi connectivity index (χ0) is 8.55. The third-order valence-corrected chi connectivity index (χ3v) is 2.26. The summed E-state index contributed by atoms with van der Waals surface area (Å²) in [5, 5.41) is 7.00. The lowest BCUT2D eigenvalue weighted by molar-refractivity contribution is 0.302. The standard InChI is InChI=1S/C8H13N3O/c1-9-8-6-3-4-11(2)5-7(6)10-12-8/h9H,3-5H2,1-2H3. The summed E-state index contributed by atoms with van der Waals surface area (Å²) in [6.45, 7) is 1.99. The van der Waals surface area contributed by atoms with Crippen molar-refractivity contribution in [3.63, 3.8) is 0 Å². The molecule has 4 nitrogen and oxygen atoms in total. The monoisotopic (exact) mass is 167 g/mol. The molecule has 1 aliphatic heterocycles. The van der Waals surface area contributed by atoms with Gasteiger partial charge in [0.05, 0.1) is 0 Å². The fourth-order valence-corrected chi connectivity index (χ4v) is 1.56. The highest BCUT2D eigenvalue weighted by atomic mass is 16.5. The van der Waals surface area contributed by atoms with Crippen molar-refractivity contribution in [1.82, 2.24) is 10.1 Å². The molecule has 1 aliphatic rings. The van der Waals surface area contributed by atoms with Crippen LogP contribution in [0.3, 0.4) is 0 Å². The van der Waals surface area contributed by atoms with Crippen LogP contribution in [0.4, 0.5) is 5.88 Å². The first-order chi connectivity index (χ1) is 5.81. The summed E-state index contributed by atoms with van der Waals surface area (Å²) in [4.78, 5) is 2.24. The van der Waals surface area contributed by atoms with Gasteiger partial charge in [0.2, 0.25) is 5.88 Å². The van der Waals surface area contributed by atoms with Gasteiger partial charge in [0.25, 0.3) is 0 Å². The Morgan fingerprint density at radius 2 is 2.42 bits per heavy atom. The first kappa shape index (κ1) is 7.61. The topological polar surface area (TPSA) is 41.3 Å². The molecule has 1 aromatic heterocycles. The van der Waals surface area contributed by atoms with Crippen LogP contribution in [0, 0.1) is 0 Å². The zero-order valence-electron chi connectivity index (χ0n) is 7.42. The molecule has 1 N–H and O–H groups in total. The molecule has 0 amide bonds. The lowest BCUT2D eigenvalue weighted by Gasteiger charge is -2.20. The molecule has 0 saturated carbocycles. The number of hydrogen-bond donors (Lipinski definition) is 1. The zero-order valence-corrected chi connectivity index (χ0v) is 7.42. The van der Waals surface area contributed by atoms with E-state index >= 15 is 0 Å². The van der Waals surface area contributed by atoms with Crippen LogP contribution in [0.5, 0.6) is 0 Å². The maximum absolute atomic E-state index is 5.13. The molecule has 0 spiro atoms. The molecular weight excluding hydrogens is 154 g/mol. The molecular formula is C8H13N3O. The lowest BCUT2D eigenvalue weighted by atomic mass is 10.1. The number of hydrogen-bond acceptors (Lipinski definition) is 4. The highest BCUT2D eigenvalue weighted by Crippen LogP contribution is 2.24. The van der Waals surface area contributed by atoms with Gasteiger partial charge in [-0.15, -0.1) is 0 Å². The molecule has 0 aliphatic carbocycles. The maximum atomic E-state index is 5.13. The van der Waals surface area contributed by atoms with Gasteiger partial charge >= 0.3 is 0 Å². The van der Waals surface area contributed by atoms with Crippen molar-refractivity contribution in [2.24, 2.45) is 0 Å². The quantitative estimate of drug-likeness (QED) is 0.668. The van der Waals surface area contributed by atoms with Crippen LogP contribution < -0.4 is 5.32 Å². The Hall–Kier alpha value is -1.03. The second-order valence-corrected chi connectivity index (χ2v) is 3.17. The van der Waals surface area contributed by atoms with Crippen molar-refractivity contribution in [1.29, 1.82) is 0 Å². The van der Waals surface area contributed by atoms with E-state index in [0.29, 0.717) is 0 Å². The van der Waals surface area contributed by atoms with E-state index in [1.54, 1.807) is 0 Å². The average Bonchev–Trinajstić information content (AvgIpc) is 2.46. The fourth-order valence-electron chi connectivity index (χ4n) is 1.56. The number of likely N-dealkylation sites (N-methyl/N-ethyl adjacent to an activating group) is 1. The van der Waals surface area contributed by atoms with E-state index in [4.69, 9.17) is 4.52 Å². The number of nitrogens with zero attached hydrogens (tertiary/aromatic N) is 2. The van der Waals surface area contributed by atoms with Crippen molar-refractivity contribution < 1.29 is 4.52 Å². The van der Waals surface area contributed by atoms with Gasteiger partial charge in [0, 0.05) is 25.7 Å². The molecule has 4 heteroatoms. The number of aromatic nitrogens is 1. The van der Waals surface area contributed by atoms with E-state index in [2.05, 4.69) is 22.4 Å². The number of anilines is 1. The Balaban J connectivity index is 2.32.